The number of likely N-dealkylation sites (N-methyl/N-ethyl adjacent to an activating group) is 1. The van der Waals surface area contributed by atoms with Crippen LogP contribution < -0.4 is 10.6 Å². The van der Waals surface area contributed by atoms with E-state index in [9.17, 15) is 27.6 Å². The molecular weight excluding hydrogens is 485 g/mol. The van der Waals surface area contributed by atoms with Gasteiger partial charge in [-0.25, -0.2) is 0 Å². The van der Waals surface area contributed by atoms with Gasteiger partial charge in [-0.15, -0.1) is 0 Å². The van der Waals surface area contributed by atoms with E-state index in [0.717, 1.165) is 23.3 Å². The van der Waals surface area contributed by atoms with Crippen LogP contribution in [0.2, 0.25) is 0 Å². The number of hydrogen-bond donors (Lipinski definition) is 2. The number of pyridine rings is 1. The van der Waals surface area contributed by atoms with Crippen LogP contribution in [0.5, 0.6) is 0 Å². The molecule has 1 aliphatic heterocycles. The zero-order chi connectivity index (χ0) is 26.7. The van der Waals surface area contributed by atoms with Gasteiger partial charge in [0.2, 0.25) is 5.91 Å². The first-order valence-corrected chi connectivity index (χ1v) is 11.7. The standard InChI is InChI=1S/C27H25F3N4O3/c1-3-31-24(35)13-23-22-15-34(26(37)21(22)10-11-32-23)14-17-4-9-20(16(2)12-17)25(36)33-19-7-5-18(6-8-19)27(28,29)30/h4-12H,3,13-15H2,1-2H3,(H,31,35)(H,33,36). The number of hydrogen-bond acceptors (Lipinski definition) is 4. The normalized spacial score (nSPS) is 12.9. The molecule has 2 heterocycles. The van der Waals surface area contributed by atoms with Crippen LogP contribution in [0.25, 0.3) is 0 Å². The van der Waals surface area contributed by atoms with E-state index >= 15 is 0 Å². The van der Waals surface area contributed by atoms with E-state index < -0.39 is 17.6 Å². The van der Waals surface area contributed by atoms with Gasteiger partial charge in [-0.05, 0) is 61.4 Å². The number of halogens is 3. The third kappa shape index (κ3) is 5.79. The summed E-state index contributed by atoms with van der Waals surface area (Å²) in [7, 11) is 0. The topological polar surface area (TPSA) is 91.4 Å². The van der Waals surface area contributed by atoms with E-state index in [1.54, 1.807) is 36.1 Å². The van der Waals surface area contributed by atoms with Gasteiger partial charge in [0, 0.05) is 48.2 Å². The van der Waals surface area contributed by atoms with Crippen LogP contribution in [-0.2, 0) is 30.5 Å². The molecule has 0 aliphatic carbocycles. The Morgan fingerprint density at radius 1 is 1.08 bits per heavy atom. The molecule has 3 amide bonds. The van der Waals surface area contributed by atoms with Gasteiger partial charge < -0.3 is 15.5 Å². The van der Waals surface area contributed by atoms with Gasteiger partial charge in [-0.2, -0.15) is 13.2 Å². The van der Waals surface area contributed by atoms with Gasteiger partial charge in [0.1, 0.15) is 0 Å². The monoisotopic (exact) mass is 510 g/mol. The first-order valence-electron chi connectivity index (χ1n) is 11.7. The van der Waals surface area contributed by atoms with Crippen LogP contribution in [0.4, 0.5) is 18.9 Å². The highest BCUT2D eigenvalue weighted by Crippen LogP contribution is 2.30. The molecule has 2 N–H and O–H groups in total. The fourth-order valence-corrected chi connectivity index (χ4v) is 4.28. The number of carbonyl (C=O) groups is 3. The molecule has 0 unspecified atom stereocenters. The second-order valence-electron chi connectivity index (χ2n) is 8.75. The average Bonchev–Trinajstić information content (AvgIpc) is 3.15. The molecular formula is C27H25F3N4O3. The molecule has 0 fully saturated rings. The average molecular weight is 511 g/mol. The summed E-state index contributed by atoms with van der Waals surface area (Å²) < 4.78 is 38.3. The summed E-state index contributed by atoms with van der Waals surface area (Å²) in [5, 5.41) is 5.35. The fourth-order valence-electron chi connectivity index (χ4n) is 4.28. The number of amides is 3. The Balaban J connectivity index is 1.44. The van der Waals surface area contributed by atoms with Crippen molar-refractivity contribution in [3.8, 4) is 0 Å². The van der Waals surface area contributed by atoms with Crippen molar-refractivity contribution in [3.05, 3.63) is 93.8 Å². The Morgan fingerprint density at radius 2 is 1.81 bits per heavy atom. The van der Waals surface area contributed by atoms with E-state index in [0.29, 0.717) is 42.0 Å². The molecule has 3 aromatic rings. The molecule has 0 radical (unpaired) electrons. The van der Waals surface area contributed by atoms with Crippen LogP contribution in [0.15, 0.2) is 54.7 Å². The lowest BCUT2D eigenvalue weighted by atomic mass is 10.0. The van der Waals surface area contributed by atoms with Gasteiger partial charge in [-0.3, -0.25) is 19.4 Å². The summed E-state index contributed by atoms with van der Waals surface area (Å²) in [6.45, 7) is 4.72. The number of rotatable bonds is 7. The minimum atomic E-state index is -4.45. The highest BCUT2D eigenvalue weighted by molar-refractivity contribution is 6.05. The molecule has 0 saturated heterocycles. The summed E-state index contributed by atoms with van der Waals surface area (Å²) >= 11 is 0. The molecule has 1 aromatic heterocycles. The zero-order valence-corrected chi connectivity index (χ0v) is 20.3. The van der Waals surface area contributed by atoms with E-state index in [2.05, 4.69) is 15.6 Å². The maximum atomic E-state index is 13.0. The molecule has 2 aromatic carbocycles. The van der Waals surface area contributed by atoms with Crippen LogP contribution in [0.1, 0.15) is 55.6 Å². The molecule has 0 atom stereocenters. The lowest BCUT2D eigenvalue weighted by molar-refractivity contribution is -0.137. The van der Waals surface area contributed by atoms with Crippen molar-refractivity contribution in [1.82, 2.24) is 15.2 Å². The quantitative estimate of drug-likeness (QED) is 0.490. The molecule has 0 bridgehead atoms. The number of alkyl halides is 3. The highest BCUT2D eigenvalue weighted by Gasteiger charge is 2.31. The Labute approximate surface area is 211 Å². The highest BCUT2D eigenvalue weighted by atomic mass is 19.4. The number of aromatic nitrogens is 1. The van der Waals surface area contributed by atoms with Crippen LogP contribution in [-0.4, -0.2) is 34.2 Å². The number of aryl methyl sites for hydroxylation is 1. The molecule has 10 heteroatoms. The summed E-state index contributed by atoms with van der Waals surface area (Å²) in [6.07, 6.45) is -2.82. The predicted octanol–water partition coefficient (Wildman–Crippen LogP) is 4.50. The molecule has 7 nitrogen and oxygen atoms in total. The molecule has 0 spiro atoms. The number of nitrogens with zero attached hydrogens (tertiary/aromatic N) is 2. The van der Waals surface area contributed by atoms with Crippen LogP contribution in [0.3, 0.4) is 0 Å². The minimum Gasteiger partial charge on any atom is -0.356 e. The Hall–Kier alpha value is -4.21. The van der Waals surface area contributed by atoms with E-state index in [1.165, 1.54) is 18.3 Å². The lowest BCUT2D eigenvalue weighted by Crippen LogP contribution is -2.25. The number of carbonyl (C=O) groups excluding carboxylic acids is 3. The zero-order valence-electron chi connectivity index (χ0n) is 20.3. The van der Waals surface area contributed by atoms with Crippen molar-refractivity contribution in [1.29, 1.82) is 0 Å². The number of benzene rings is 2. The third-order valence-corrected chi connectivity index (χ3v) is 6.09. The lowest BCUT2D eigenvalue weighted by Gasteiger charge is -2.17. The van der Waals surface area contributed by atoms with Crippen molar-refractivity contribution in [3.63, 3.8) is 0 Å². The number of fused-ring (bicyclic) bond motifs is 1. The van der Waals surface area contributed by atoms with Crippen LogP contribution in [0, 0.1) is 6.92 Å². The summed E-state index contributed by atoms with van der Waals surface area (Å²) in [6, 6.07) is 11.0. The molecule has 1 aliphatic rings. The summed E-state index contributed by atoms with van der Waals surface area (Å²) in [4.78, 5) is 43.7. The van der Waals surface area contributed by atoms with Crippen molar-refractivity contribution < 1.29 is 27.6 Å². The van der Waals surface area contributed by atoms with Crippen molar-refractivity contribution >= 4 is 23.4 Å². The minimum absolute atomic E-state index is 0.0972. The van der Waals surface area contributed by atoms with E-state index in [4.69, 9.17) is 0 Å². The van der Waals surface area contributed by atoms with Gasteiger partial charge in [0.15, 0.2) is 0 Å². The SMILES string of the molecule is CCNC(=O)Cc1nccc2c1CN(Cc1ccc(C(=O)Nc3ccc(C(F)(F)F)cc3)c(C)c1)C2=O. The second-order valence-corrected chi connectivity index (χ2v) is 8.75. The van der Waals surface area contributed by atoms with Crippen molar-refractivity contribution in [2.45, 2.75) is 39.5 Å². The van der Waals surface area contributed by atoms with Gasteiger partial charge >= 0.3 is 6.18 Å². The maximum absolute atomic E-state index is 13.0. The first-order chi connectivity index (χ1) is 17.6. The van der Waals surface area contributed by atoms with E-state index in [1.807, 2.05) is 6.92 Å². The number of anilines is 1. The fraction of sp³-hybridized carbons (Fsp3) is 0.259. The van der Waals surface area contributed by atoms with Gasteiger partial charge in [-0.1, -0.05) is 12.1 Å². The maximum Gasteiger partial charge on any atom is 0.416 e. The van der Waals surface area contributed by atoms with Crippen molar-refractivity contribution in [2.24, 2.45) is 0 Å². The third-order valence-electron chi connectivity index (χ3n) is 6.09. The Morgan fingerprint density at radius 3 is 2.46 bits per heavy atom. The molecule has 37 heavy (non-hydrogen) atoms. The Bertz CT molecular complexity index is 1350. The largest absolute Gasteiger partial charge is 0.416 e. The molecule has 192 valence electrons. The summed E-state index contributed by atoms with van der Waals surface area (Å²) in [5.74, 6) is -0.763. The van der Waals surface area contributed by atoms with Gasteiger partial charge in [0.05, 0.1) is 17.7 Å². The van der Waals surface area contributed by atoms with Crippen LogP contribution >= 0.6 is 0 Å². The second kappa shape index (κ2) is 10.4. The molecule has 0 saturated carbocycles. The number of nitrogens with one attached hydrogen (secondary N) is 2. The summed E-state index contributed by atoms with van der Waals surface area (Å²) in [5.41, 5.74) is 3.13. The predicted molar refractivity (Wildman–Crippen MR) is 131 cm³/mol. The molecule has 4 rings (SSSR count). The van der Waals surface area contributed by atoms with Gasteiger partial charge in [0.25, 0.3) is 11.8 Å². The smallest absolute Gasteiger partial charge is 0.356 e. The van der Waals surface area contributed by atoms with Crippen molar-refractivity contribution in [2.75, 3.05) is 11.9 Å². The first kappa shape index (κ1) is 25.9. The van der Waals surface area contributed by atoms with E-state index in [-0.39, 0.29) is 23.9 Å². The Kier molecular flexibility index (Phi) is 7.28.